The van der Waals surface area contributed by atoms with Crippen molar-refractivity contribution in [2.45, 2.75) is 5.41 Å². The molecule has 0 saturated heterocycles. The normalized spacial score (nSPS) is 12.6. The Bertz CT molecular complexity index is 3430. The van der Waals surface area contributed by atoms with E-state index in [0.717, 1.165) is 72.3 Å². The number of fused-ring (bicyclic) bond motifs is 6. The number of nitrogens with zero attached hydrogens (tertiary/aromatic N) is 2. The fourth-order valence-corrected chi connectivity index (χ4v) is 9.93. The maximum atomic E-state index is 6.57. The van der Waals surface area contributed by atoms with Gasteiger partial charge in [0.25, 0.3) is 0 Å². The molecule has 3 heteroatoms. The van der Waals surface area contributed by atoms with Crippen LogP contribution in [0.2, 0.25) is 0 Å². The Morgan fingerprint density at radius 2 is 0.806 bits per heavy atom. The summed E-state index contributed by atoms with van der Waals surface area (Å²) in [5.74, 6) is 0.667. The van der Waals surface area contributed by atoms with E-state index in [-0.39, 0.29) is 0 Å². The Labute approximate surface area is 360 Å². The molecule has 0 N–H and O–H groups in total. The van der Waals surface area contributed by atoms with E-state index in [1.54, 1.807) is 0 Å². The summed E-state index contributed by atoms with van der Waals surface area (Å²) in [7, 11) is 0. The van der Waals surface area contributed by atoms with Gasteiger partial charge in [-0.15, -0.1) is 0 Å². The van der Waals surface area contributed by atoms with Gasteiger partial charge in [0, 0.05) is 33.0 Å². The Morgan fingerprint density at radius 3 is 1.52 bits per heavy atom. The number of hydrogen-bond donors (Lipinski definition) is 0. The van der Waals surface area contributed by atoms with E-state index in [9.17, 15) is 0 Å². The monoisotopic (exact) mass is 790 g/mol. The van der Waals surface area contributed by atoms with E-state index < -0.39 is 5.41 Å². The molecule has 0 aliphatic heterocycles. The van der Waals surface area contributed by atoms with Crippen molar-refractivity contribution < 1.29 is 4.42 Å². The molecule has 0 bridgehead atoms. The van der Waals surface area contributed by atoms with E-state index >= 15 is 0 Å². The van der Waals surface area contributed by atoms with Crippen molar-refractivity contribution in [3.05, 3.63) is 253 Å². The number of furan rings is 1. The summed E-state index contributed by atoms with van der Waals surface area (Å²) in [5, 5.41) is 2.20. The predicted octanol–water partition coefficient (Wildman–Crippen LogP) is 15.1. The van der Waals surface area contributed by atoms with Crippen molar-refractivity contribution >= 4 is 21.9 Å². The molecule has 12 rings (SSSR count). The molecular weight excluding hydrogens is 753 g/mol. The second-order valence-corrected chi connectivity index (χ2v) is 16.0. The Kier molecular flexibility index (Phi) is 8.39. The minimum Gasteiger partial charge on any atom is -0.455 e. The lowest BCUT2D eigenvalue weighted by atomic mass is 9.67. The Balaban J connectivity index is 1.06. The molecule has 3 nitrogen and oxygen atoms in total. The molecule has 0 fully saturated rings. The quantitative estimate of drug-likeness (QED) is 0.161. The molecule has 1 aliphatic rings. The molecule has 0 amide bonds. The largest absolute Gasteiger partial charge is 0.455 e. The minimum absolute atomic E-state index is 0.506. The van der Waals surface area contributed by atoms with E-state index in [4.69, 9.17) is 14.4 Å². The first-order valence-electron chi connectivity index (χ1n) is 21.2. The second kappa shape index (κ2) is 14.5. The molecule has 0 atom stereocenters. The maximum absolute atomic E-state index is 6.57. The summed E-state index contributed by atoms with van der Waals surface area (Å²) >= 11 is 0. The minimum atomic E-state index is -0.506. The highest BCUT2D eigenvalue weighted by Crippen LogP contribution is 2.56. The average molecular weight is 791 g/mol. The topological polar surface area (TPSA) is 38.9 Å². The van der Waals surface area contributed by atoms with Crippen LogP contribution in [0.3, 0.4) is 0 Å². The lowest BCUT2D eigenvalue weighted by molar-refractivity contribution is 0.670. The average Bonchev–Trinajstić information content (AvgIpc) is 3.89. The van der Waals surface area contributed by atoms with Crippen LogP contribution in [-0.4, -0.2) is 9.97 Å². The third-order valence-corrected chi connectivity index (χ3v) is 12.6. The summed E-state index contributed by atoms with van der Waals surface area (Å²) in [4.78, 5) is 10.7. The third-order valence-electron chi connectivity index (χ3n) is 12.6. The molecule has 0 radical (unpaired) electrons. The lowest BCUT2D eigenvalue weighted by Crippen LogP contribution is -2.28. The van der Waals surface area contributed by atoms with Gasteiger partial charge >= 0.3 is 0 Å². The molecule has 290 valence electrons. The maximum Gasteiger partial charge on any atom is 0.160 e. The van der Waals surface area contributed by atoms with Gasteiger partial charge in [-0.3, -0.25) is 0 Å². The van der Waals surface area contributed by atoms with Gasteiger partial charge in [0.15, 0.2) is 5.82 Å². The van der Waals surface area contributed by atoms with Crippen molar-refractivity contribution in [2.24, 2.45) is 0 Å². The number of benzene rings is 9. The smallest absolute Gasteiger partial charge is 0.160 e. The van der Waals surface area contributed by atoms with E-state index in [0.29, 0.717) is 5.82 Å². The van der Waals surface area contributed by atoms with E-state index in [1.807, 2.05) is 30.3 Å². The van der Waals surface area contributed by atoms with Crippen molar-refractivity contribution in [3.8, 4) is 67.3 Å². The van der Waals surface area contributed by atoms with Crippen LogP contribution in [0.25, 0.3) is 89.2 Å². The number of aromatic nitrogens is 2. The van der Waals surface area contributed by atoms with Crippen LogP contribution in [0.4, 0.5) is 0 Å². The zero-order valence-corrected chi connectivity index (χ0v) is 33.7. The highest BCUT2D eigenvalue weighted by molar-refractivity contribution is 6.10. The van der Waals surface area contributed by atoms with Gasteiger partial charge in [-0.05, 0) is 68.3 Å². The highest BCUT2D eigenvalue weighted by atomic mass is 16.3. The highest BCUT2D eigenvalue weighted by Gasteiger charge is 2.45. The summed E-state index contributed by atoms with van der Waals surface area (Å²) in [6, 6.07) is 82.2. The van der Waals surface area contributed by atoms with Crippen LogP contribution in [0, 0.1) is 0 Å². The number of para-hydroxylation sites is 2. The van der Waals surface area contributed by atoms with Gasteiger partial charge in [-0.25, -0.2) is 9.97 Å². The Morgan fingerprint density at radius 1 is 0.323 bits per heavy atom. The van der Waals surface area contributed by atoms with Gasteiger partial charge in [0.05, 0.1) is 16.8 Å². The number of hydrogen-bond acceptors (Lipinski definition) is 3. The van der Waals surface area contributed by atoms with Crippen molar-refractivity contribution in [1.82, 2.24) is 9.97 Å². The molecule has 2 heterocycles. The van der Waals surface area contributed by atoms with E-state index in [2.05, 4.69) is 200 Å². The first-order valence-corrected chi connectivity index (χ1v) is 21.2. The van der Waals surface area contributed by atoms with Crippen LogP contribution >= 0.6 is 0 Å². The van der Waals surface area contributed by atoms with E-state index in [1.165, 1.54) is 33.4 Å². The van der Waals surface area contributed by atoms with Gasteiger partial charge in [0.1, 0.15) is 11.2 Å². The zero-order valence-electron chi connectivity index (χ0n) is 33.7. The summed E-state index contributed by atoms with van der Waals surface area (Å²) in [6.45, 7) is 0. The van der Waals surface area contributed by atoms with Crippen molar-refractivity contribution in [3.63, 3.8) is 0 Å². The second-order valence-electron chi connectivity index (χ2n) is 16.0. The first kappa shape index (κ1) is 35.8. The molecule has 0 saturated carbocycles. The molecule has 11 aromatic rings. The van der Waals surface area contributed by atoms with Gasteiger partial charge in [-0.1, -0.05) is 212 Å². The van der Waals surface area contributed by atoms with Crippen LogP contribution in [-0.2, 0) is 5.41 Å². The SMILES string of the molecule is c1ccc(-c2nc(-c3ccccc3-c3cccc(C4(c5ccccc5)c5ccccc5-c5ccccc54)c3)cc(-c3ccccc3-c3cccc4c3oc3ccccc34)n2)cc1. The zero-order chi connectivity index (χ0) is 41.0. The standard InChI is InChI=1S/C59H38N2O/c1-3-19-39(20-4-1)58-60-54(38-55(61-58)48-30-10-8-26-44(48)50-32-18-33-51-49-31-13-16-36-56(49)62-57(50)51)47-29-9-7-25-43(47)40-21-17-24-42(37-40)59(41-22-5-2-6-23-41)52-34-14-11-27-45(52)46-28-12-15-35-53(46)59/h1-38H. The molecule has 0 spiro atoms. The third kappa shape index (κ3) is 5.59. The molecule has 2 aromatic heterocycles. The fraction of sp³-hybridized carbons (Fsp3) is 0.0169. The fourth-order valence-electron chi connectivity index (χ4n) is 9.93. The van der Waals surface area contributed by atoms with Gasteiger partial charge in [0.2, 0.25) is 0 Å². The van der Waals surface area contributed by atoms with Crippen molar-refractivity contribution in [2.75, 3.05) is 0 Å². The van der Waals surface area contributed by atoms with Crippen molar-refractivity contribution in [1.29, 1.82) is 0 Å². The molecule has 9 aromatic carbocycles. The molecule has 0 unspecified atom stereocenters. The molecule has 62 heavy (non-hydrogen) atoms. The lowest BCUT2D eigenvalue weighted by Gasteiger charge is -2.34. The van der Waals surface area contributed by atoms with Gasteiger partial charge < -0.3 is 4.42 Å². The van der Waals surface area contributed by atoms with Crippen LogP contribution in [0.15, 0.2) is 235 Å². The first-order chi connectivity index (χ1) is 30.8. The van der Waals surface area contributed by atoms with Crippen LogP contribution in [0.1, 0.15) is 22.3 Å². The van der Waals surface area contributed by atoms with Gasteiger partial charge in [-0.2, -0.15) is 0 Å². The Hall–Kier alpha value is -8.14. The van der Waals surface area contributed by atoms with Crippen LogP contribution in [0.5, 0.6) is 0 Å². The van der Waals surface area contributed by atoms with Crippen LogP contribution < -0.4 is 0 Å². The molecular formula is C59H38N2O. The summed E-state index contributed by atoms with van der Waals surface area (Å²) in [6.07, 6.45) is 0. The summed E-state index contributed by atoms with van der Waals surface area (Å²) in [5.41, 5.74) is 17.8. The molecule has 1 aliphatic carbocycles. The predicted molar refractivity (Wildman–Crippen MR) is 254 cm³/mol. The number of rotatable bonds is 7. The summed E-state index contributed by atoms with van der Waals surface area (Å²) < 4.78 is 6.57.